The predicted octanol–water partition coefficient (Wildman–Crippen LogP) is 6.21. The molecule has 0 aliphatic carbocycles. The van der Waals surface area contributed by atoms with Gasteiger partial charge < -0.3 is 19.5 Å². The van der Waals surface area contributed by atoms with Crippen LogP contribution < -0.4 is 10.1 Å². The Hall–Kier alpha value is -2.15. The number of alkyl halides is 2. The summed E-state index contributed by atoms with van der Waals surface area (Å²) in [6, 6.07) is 22.4. The molecule has 186 valence electrons. The van der Waals surface area contributed by atoms with Gasteiger partial charge in [-0.15, -0.1) is 0 Å². The highest BCUT2D eigenvalue weighted by atomic mass is 35.5. The number of pyridine rings is 1. The van der Waals surface area contributed by atoms with Gasteiger partial charge in [0.05, 0.1) is 38.2 Å². The topological polar surface area (TPSA) is 52.6 Å². The fourth-order valence-electron chi connectivity index (χ4n) is 4.28. The van der Waals surface area contributed by atoms with Crippen molar-refractivity contribution in [3.05, 3.63) is 95.3 Å². The van der Waals surface area contributed by atoms with E-state index in [0.717, 1.165) is 37.2 Å². The summed E-state index contributed by atoms with van der Waals surface area (Å²) in [6.07, 6.45) is 3.61. The zero-order chi connectivity index (χ0) is 24.3. The minimum atomic E-state index is -0.668. The van der Waals surface area contributed by atoms with Crippen molar-refractivity contribution in [1.29, 1.82) is 0 Å². The van der Waals surface area contributed by atoms with E-state index in [1.54, 1.807) is 6.20 Å². The summed E-state index contributed by atoms with van der Waals surface area (Å²) in [5, 5.41) is 3.45. The van der Waals surface area contributed by atoms with Gasteiger partial charge in [0, 0.05) is 30.6 Å². The van der Waals surface area contributed by atoms with Crippen molar-refractivity contribution in [2.45, 2.75) is 42.9 Å². The number of benzene rings is 2. The summed E-state index contributed by atoms with van der Waals surface area (Å²) in [6.45, 7) is 4.13. The summed E-state index contributed by atoms with van der Waals surface area (Å²) in [5.41, 5.74) is 4.02. The number of nitrogens with one attached hydrogen (secondary N) is 1. The number of hydrogen-bond donors (Lipinski definition) is 1. The van der Waals surface area contributed by atoms with Crippen LogP contribution in [0, 0.1) is 0 Å². The molecule has 1 N–H and O–H groups in total. The Morgan fingerprint density at radius 2 is 1.77 bits per heavy atom. The number of nitrogens with zero attached hydrogens (tertiary/aromatic N) is 1. The van der Waals surface area contributed by atoms with Crippen molar-refractivity contribution < 1.29 is 14.2 Å². The molecular weight excluding hydrogens is 483 g/mol. The Bertz CT molecular complexity index is 1020. The van der Waals surface area contributed by atoms with E-state index >= 15 is 0 Å². The quantitative estimate of drug-likeness (QED) is 0.230. The normalized spacial score (nSPS) is 18.0. The highest BCUT2D eigenvalue weighted by Crippen LogP contribution is 2.31. The van der Waals surface area contributed by atoms with Crippen LogP contribution in [0.5, 0.6) is 5.75 Å². The lowest BCUT2D eigenvalue weighted by molar-refractivity contribution is 0.0102. The smallest absolute Gasteiger partial charge is 0.149 e. The van der Waals surface area contributed by atoms with Gasteiger partial charge in [0.1, 0.15) is 10.6 Å². The van der Waals surface area contributed by atoms with Crippen LogP contribution in [0.3, 0.4) is 0 Å². The average Bonchev–Trinajstić information content (AvgIpc) is 2.91. The van der Waals surface area contributed by atoms with E-state index in [1.807, 2.05) is 42.5 Å². The molecule has 0 amide bonds. The van der Waals surface area contributed by atoms with Crippen LogP contribution in [0.1, 0.15) is 46.0 Å². The lowest BCUT2D eigenvalue weighted by Crippen LogP contribution is -2.41. The first-order valence-electron chi connectivity index (χ1n) is 12.1. The standard InChI is InChI=1S/C28H32Cl2N2O3/c29-28(30)27-23(8-4-14-32-27)20-35-26-18-31-15-13-25(26)22-9-11-24(12-10-22)34-17-5-16-33-19-21-6-2-1-3-7-21/h1-4,6-12,14,25-26,28,31H,5,13,15-20H2. The van der Waals surface area contributed by atoms with Crippen molar-refractivity contribution in [3.8, 4) is 5.75 Å². The van der Waals surface area contributed by atoms with E-state index in [2.05, 4.69) is 34.6 Å². The molecule has 0 spiro atoms. The SMILES string of the molecule is ClC(Cl)c1ncccc1COC1CNCCC1c1ccc(OCCCOCc2ccccc2)cc1. The fourth-order valence-corrected chi connectivity index (χ4v) is 4.67. The fraction of sp³-hybridized carbons (Fsp3) is 0.393. The van der Waals surface area contributed by atoms with Crippen LogP contribution in [-0.4, -0.2) is 37.4 Å². The third-order valence-corrected chi connectivity index (χ3v) is 6.55. The number of aromatic nitrogens is 1. The lowest BCUT2D eigenvalue weighted by atomic mass is 9.87. The number of halogens is 2. The molecule has 4 rings (SSSR count). The summed E-state index contributed by atoms with van der Waals surface area (Å²) in [5.74, 6) is 1.18. The third-order valence-electron chi connectivity index (χ3n) is 6.13. The Kier molecular flexibility index (Phi) is 10.2. The Morgan fingerprint density at radius 1 is 0.943 bits per heavy atom. The van der Waals surface area contributed by atoms with E-state index in [9.17, 15) is 0 Å². The molecule has 2 aromatic carbocycles. The largest absolute Gasteiger partial charge is 0.494 e. The van der Waals surface area contributed by atoms with Gasteiger partial charge in [-0.2, -0.15) is 0 Å². The molecule has 2 atom stereocenters. The molecule has 2 unspecified atom stereocenters. The number of rotatable bonds is 12. The summed E-state index contributed by atoms with van der Waals surface area (Å²) in [4.78, 5) is 3.63. The minimum absolute atomic E-state index is 0.0504. The first kappa shape index (κ1) is 25.9. The molecule has 1 fully saturated rings. The number of hydrogen-bond acceptors (Lipinski definition) is 5. The second kappa shape index (κ2) is 13.8. The van der Waals surface area contributed by atoms with Crippen LogP contribution in [-0.2, 0) is 22.7 Å². The zero-order valence-corrected chi connectivity index (χ0v) is 21.3. The average molecular weight is 515 g/mol. The maximum atomic E-state index is 6.33. The molecule has 0 radical (unpaired) electrons. The molecule has 1 aliphatic rings. The summed E-state index contributed by atoms with van der Waals surface area (Å²) < 4.78 is 18.0. The van der Waals surface area contributed by atoms with Crippen LogP contribution in [0.15, 0.2) is 72.9 Å². The molecule has 7 heteroatoms. The highest BCUT2D eigenvalue weighted by Gasteiger charge is 2.27. The summed E-state index contributed by atoms with van der Waals surface area (Å²) in [7, 11) is 0. The molecule has 0 bridgehead atoms. The lowest BCUT2D eigenvalue weighted by Gasteiger charge is -2.32. The summed E-state index contributed by atoms with van der Waals surface area (Å²) >= 11 is 12.1. The van der Waals surface area contributed by atoms with Crippen LogP contribution in [0.2, 0.25) is 0 Å². The molecular formula is C28H32Cl2N2O3. The highest BCUT2D eigenvalue weighted by molar-refractivity contribution is 6.43. The second-order valence-corrected chi connectivity index (χ2v) is 9.70. The molecule has 1 aromatic heterocycles. The number of ether oxygens (including phenoxy) is 3. The maximum Gasteiger partial charge on any atom is 0.149 e. The van der Waals surface area contributed by atoms with E-state index in [-0.39, 0.29) is 6.10 Å². The van der Waals surface area contributed by atoms with Crippen LogP contribution in [0.25, 0.3) is 0 Å². The maximum absolute atomic E-state index is 6.33. The molecule has 1 aliphatic heterocycles. The van der Waals surface area contributed by atoms with Crippen LogP contribution in [0.4, 0.5) is 0 Å². The first-order valence-corrected chi connectivity index (χ1v) is 13.0. The molecule has 35 heavy (non-hydrogen) atoms. The van der Waals surface area contributed by atoms with E-state index < -0.39 is 4.84 Å². The van der Waals surface area contributed by atoms with Crippen LogP contribution >= 0.6 is 23.2 Å². The van der Waals surface area contributed by atoms with Crippen molar-refractivity contribution in [2.75, 3.05) is 26.3 Å². The first-order chi connectivity index (χ1) is 17.2. The van der Waals surface area contributed by atoms with Gasteiger partial charge in [-0.05, 0) is 42.3 Å². The number of piperidine rings is 1. The molecule has 0 saturated carbocycles. The van der Waals surface area contributed by atoms with Gasteiger partial charge in [-0.25, -0.2) is 0 Å². The predicted molar refractivity (Wildman–Crippen MR) is 140 cm³/mol. The molecule has 1 saturated heterocycles. The monoisotopic (exact) mass is 514 g/mol. The van der Waals surface area contributed by atoms with Gasteiger partial charge in [-0.3, -0.25) is 4.98 Å². The van der Waals surface area contributed by atoms with E-state index in [0.29, 0.717) is 38.0 Å². The Morgan fingerprint density at radius 3 is 2.57 bits per heavy atom. The van der Waals surface area contributed by atoms with Gasteiger partial charge in [-0.1, -0.05) is 71.7 Å². The van der Waals surface area contributed by atoms with Crippen molar-refractivity contribution >= 4 is 23.2 Å². The van der Waals surface area contributed by atoms with Crippen molar-refractivity contribution in [2.24, 2.45) is 0 Å². The van der Waals surface area contributed by atoms with Gasteiger partial charge in [0.15, 0.2) is 0 Å². The minimum Gasteiger partial charge on any atom is -0.494 e. The third kappa shape index (κ3) is 7.92. The van der Waals surface area contributed by atoms with Gasteiger partial charge >= 0.3 is 0 Å². The molecule has 5 nitrogen and oxygen atoms in total. The zero-order valence-electron chi connectivity index (χ0n) is 19.7. The molecule has 3 aromatic rings. The van der Waals surface area contributed by atoms with Gasteiger partial charge in [0.2, 0.25) is 0 Å². The second-order valence-electron chi connectivity index (χ2n) is 8.61. The van der Waals surface area contributed by atoms with Crippen molar-refractivity contribution in [3.63, 3.8) is 0 Å². The van der Waals surface area contributed by atoms with Gasteiger partial charge in [0.25, 0.3) is 0 Å². The molecule has 2 heterocycles. The Labute approximate surface area is 217 Å². The van der Waals surface area contributed by atoms with Crippen molar-refractivity contribution in [1.82, 2.24) is 10.3 Å². The Balaban J connectivity index is 1.24. The van der Waals surface area contributed by atoms with E-state index in [4.69, 9.17) is 37.4 Å². The van der Waals surface area contributed by atoms with E-state index in [1.165, 1.54) is 11.1 Å².